The average molecular weight is 287 g/mol. The highest BCUT2D eigenvalue weighted by molar-refractivity contribution is 9.09. The van der Waals surface area contributed by atoms with Crippen molar-refractivity contribution >= 4 is 27.9 Å². The van der Waals surface area contributed by atoms with Crippen molar-refractivity contribution in [2.24, 2.45) is 0 Å². The first-order chi connectivity index (χ1) is 7.44. The Morgan fingerprint density at radius 3 is 1.88 bits per heavy atom. The molecule has 0 saturated carbocycles. The lowest BCUT2D eigenvalue weighted by atomic mass is 10.2. The number of rotatable bonds is 3. The molecule has 0 aliphatic heterocycles. The van der Waals surface area contributed by atoms with Gasteiger partial charge in [0, 0.05) is 35.3 Å². The SMILES string of the molecule is CC(=O)OC(Br)(OC(C)=O)c1ccccc1. The van der Waals surface area contributed by atoms with Crippen molar-refractivity contribution in [2.75, 3.05) is 0 Å². The summed E-state index contributed by atoms with van der Waals surface area (Å²) in [5.74, 6) is -1.11. The molecule has 1 aromatic rings. The standard InChI is InChI=1S/C11H11BrO4/c1-8(13)15-11(12,16-9(2)14)10-6-4-3-5-7-10/h3-7H,1-2H3. The number of halogens is 1. The van der Waals surface area contributed by atoms with Gasteiger partial charge in [0.1, 0.15) is 0 Å². The number of carbonyl (C=O) groups excluding carboxylic acids is 2. The molecule has 0 atom stereocenters. The predicted octanol–water partition coefficient (Wildman–Crippen LogP) is 2.32. The van der Waals surface area contributed by atoms with Crippen LogP contribution in [0.1, 0.15) is 19.4 Å². The highest BCUT2D eigenvalue weighted by Crippen LogP contribution is 2.34. The molecule has 0 aliphatic carbocycles. The van der Waals surface area contributed by atoms with E-state index < -0.39 is 16.6 Å². The molecule has 1 aromatic carbocycles. The van der Waals surface area contributed by atoms with Crippen molar-refractivity contribution in [1.29, 1.82) is 0 Å². The van der Waals surface area contributed by atoms with Crippen molar-refractivity contribution in [3.8, 4) is 0 Å². The molecule has 4 nitrogen and oxygen atoms in total. The third-order valence-corrected chi connectivity index (χ3v) is 2.45. The summed E-state index contributed by atoms with van der Waals surface area (Å²) in [5.41, 5.74) is 0.528. The molecule has 16 heavy (non-hydrogen) atoms. The number of hydrogen-bond donors (Lipinski definition) is 0. The molecule has 0 amide bonds. The molecule has 0 spiro atoms. The van der Waals surface area contributed by atoms with Gasteiger partial charge in [0.15, 0.2) is 0 Å². The van der Waals surface area contributed by atoms with Gasteiger partial charge in [0.2, 0.25) is 0 Å². The lowest BCUT2D eigenvalue weighted by Gasteiger charge is -2.26. The van der Waals surface area contributed by atoms with Crippen LogP contribution in [0, 0.1) is 0 Å². The average Bonchev–Trinajstić information content (AvgIpc) is 2.16. The second-order valence-corrected chi connectivity index (χ2v) is 4.13. The Hall–Kier alpha value is -1.36. The molecule has 5 heteroatoms. The van der Waals surface area contributed by atoms with E-state index in [4.69, 9.17) is 9.47 Å². The third kappa shape index (κ3) is 3.34. The Kier molecular flexibility index (Phi) is 4.06. The Morgan fingerprint density at radius 1 is 1.06 bits per heavy atom. The summed E-state index contributed by atoms with van der Waals surface area (Å²) >= 11 is 3.11. The topological polar surface area (TPSA) is 52.6 Å². The smallest absolute Gasteiger partial charge is 0.341 e. The van der Waals surface area contributed by atoms with E-state index in [1.807, 2.05) is 0 Å². The Bertz CT molecular complexity index is 372. The van der Waals surface area contributed by atoms with Gasteiger partial charge in [0.25, 0.3) is 0 Å². The number of esters is 2. The van der Waals surface area contributed by atoms with Gasteiger partial charge in [-0.15, -0.1) is 0 Å². The Labute approximate surface area is 102 Å². The van der Waals surface area contributed by atoms with Crippen LogP contribution in [0.25, 0.3) is 0 Å². The van der Waals surface area contributed by atoms with Crippen molar-refractivity contribution in [3.05, 3.63) is 35.9 Å². The number of benzene rings is 1. The molecule has 0 bridgehead atoms. The fraction of sp³-hybridized carbons (Fsp3) is 0.273. The first kappa shape index (κ1) is 12.7. The zero-order valence-electron chi connectivity index (χ0n) is 8.90. The van der Waals surface area contributed by atoms with Crippen LogP contribution in [-0.4, -0.2) is 11.9 Å². The minimum atomic E-state index is -1.55. The summed E-state index contributed by atoms with van der Waals surface area (Å²) in [5, 5.41) is 0. The maximum atomic E-state index is 11.0. The van der Waals surface area contributed by atoms with Crippen molar-refractivity contribution in [2.45, 2.75) is 18.5 Å². The molecule has 0 unspecified atom stereocenters. The maximum Gasteiger partial charge on any atom is 0.341 e. The summed E-state index contributed by atoms with van der Waals surface area (Å²) in [6.07, 6.45) is 0. The van der Waals surface area contributed by atoms with E-state index in [0.717, 1.165) is 0 Å². The summed E-state index contributed by atoms with van der Waals surface area (Å²) in [4.78, 5) is 21.9. The van der Waals surface area contributed by atoms with Crippen LogP contribution in [-0.2, 0) is 23.8 Å². The monoisotopic (exact) mass is 286 g/mol. The molecule has 0 heterocycles. The normalized spacial score (nSPS) is 10.7. The number of carbonyl (C=O) groups is 2. The molecule has 0 fully saturated rings. The van der Waals surface area contributed by atoms with Gasteiger partial charge in [-0.2, -0.15) is 0 Å². The third-order valence-electron chi connectivity index (χ3n) is 1.67. The lowest BCUT2D eigenvalue weighted by molar-refractivity contribution is -0.195. The van der Waals surface area contributed by atoms with Gasteiger partial charge in [-0.25, -0.2) is 0 Å². The first-order valence-electron chi connectivity index (χ1n) is 4.57. The van der Waals surface area contributed by atoms with Crippen LogP contribution in [0.5, 0.6) is 0 Å². The quantitative estimate of drug-likeness (QED) is 0.486. The lowest BCUT2D eigenvalue weighted by Crippen LogP contribution is -2.30. The van der Waals surface area contributed by atoms with E-state index in [1.165, 1.54) is 13.8 Å². The summed E-state index contributed by atoms with van der Waals surface area (Å²) in [6.45, 7) is 2.48. The fourth-order valence-electron chi connectivity index (χ4n) is 1.15. The number of alkyl halides is 1. The van der Waals surface area contributed by atoms with Crippen LogP contribution >= 0.6 is 15.9 Å². The molecule has 0 radical (unpaired) electrons. The van der Waals surface area contributed by atoms with Crippen LogP contribution < -0.4 is 0 Å². The van der Waals surface area contributed by atoms with E-state index in [1.54, 1.807) is 30.3 Å². The second kappa shape index (κ2) is 5.12. The Morgan fingerprint density at radius 2 is 1.50 bits per heavy atom. The van der Waals surface area contributed by atoms with Gasteiger partial charge in [-0.3, -0.25) is 9.59 Å². The first-order valence-corrected chi connectivity index (χ1v) is 5.37. The molecule has 0 aromatic heterocycles. The second-order valence-electron chi connectivity index (χ2n) is 3.09. The molecule has 0 saturated heterocycles. The minimum absolute atomic E-state index is 0.528. The molecular weight excluding hydrogens is 276 g/mol. The van der Waals surface area contributed by atoms with E-state index in [-0.39, 0.29) is 0 Å². The molecular formula is C11H11BrO4. The van der Waals surface area contributed by atoms with Crippen molar-refractivity contribution in [3.63, 3.8) is 0 Å². The number of ether oxygens (including phenoxy) is 2. The van der Waals surface area contributed by atoms with Gasteiger partial charge in [-0.1, -0.05) is 30.3 Å². The van der Waals surface area contributed by atoms with Gasteiger partial charge >= 0.3 is 16.6 Å². The minimum Gasteiger partial charge on any atom is -0.408 e. The van der Waals surface area contributed by atoms with E-state index in [2.05, 4.69) is 15.9 Å². The van der Waals surface area contributed by atoms with Crippen LogP contribution in [0.2, 0.25) is 0 Å². The molecule has 1 rings (SSSR count). The Balaban J connectivity index is 3.04. The highest BCUT2D eigenvalue weighted by atomic mass is 79.9. The molecule has 0 aliphatic rings. The molecule has 86 valence electrons. The largest absolute Gasteiger partial charge is 0.408 e. The number of hydrogen-bond acceptors (Lipinski definition) is 4. The summed E-state index contributed by atoms with van der Waals surface area (Å²) in [6, 6.07) is 8.66. The van der Waals surface area contributed by atoms with Crippen molar-refractivity contribution in [1.82, 2.24) is 0 Å². The van der Waals surface area contributed by atoms with Crippen molar-refractivity contribution < 1.29 is 19.1 Å². The van der Waals surface area contributed by atoms with Gasteiger partial charge in [0.05, 0.1) is 0 Å². The molecule has 0 N–H and O–H groups in total. The van der Waals surface area contributed by atoms with E-state index >= 15 is 0 Å². The maximum absolute atomic E-state index is 11.0. The van der Waals surface area contributed by atoms with Crippen LogP contribution in [0.15, 0.2) is 30.3 Å². The van der Waals surface area contributed by atoms with Crippen LogP contribution in [0.4, 0.5) is 0 Å². The fourth-order valence-corrected chi connectivity index (χ4v) is 1.87. The van der Waals surface area contributed by atoms with E-state index in [0.29, 0.717) is 5.56 Å². The highest BCUT2D eigenvalue weighted by Gasteiger charge is 2.36. The summed E-state index contributed by atoms with van der Waals surface area (Å²) < 4.78 is 8.39. The van der Waals surface area contributed by atoms with Crippen LogP contribution in [0.3, 0.4) is 0 Å². The zero-order valence-corrected chi connectivity index (χ0v) is 10.5. The van der Waals surface area contributed by atoms with Gasteiger partial charge < -0.3 is 9.47 Å². The zero-order chi connectivity index (χ0) is 12.2. The van der Waals surface area contributed by atoms with E-state index in [9.17, 15) is 9.59 Å². The predicted molar refractivity (Wildman–Crippen MR) is 60.6 cm³/mol. The van der Waals surface area contributed by atoms with Gasteiger partial charge in [-0.05, 0) is 0 Å². The summed E-state index contributed by atoms with van der Waals surface area (Å²) in [7, 11) is 0.